The lowest BCUT2D eigenvalue weighted by Crippen LogP contribution is -2.30. The predicted octanol–water partition coefficient (Wildman–Crippen LogP) is 23.9. The molecule has 0 radical (unpaired) electrons. The van der Waals surface area contributed by atoms with Crippen molar-refractivity contribution in [2.24, 2.45) is 0 Å². The zero-order valence-corrected chi connectivity index (χ0v) is 66.2. The van der Waals surface area contributed by atoms with Crippen LogP contribution in [0, 0.1) is 0 Å². The normalized spacial score (nSPS) is 14.0. The average molecular weight is 1460 g/mol. The van der Waals surface area contributed by atoms with Gasteiger partial charge in [0, 0.05) is 25.7 Å². The van der Waals surface area contributed by atoms with E-state index in [0.717, 1.165) is 128 Å². The van der Waals surface area contributed by atoms with Gasteiger partial charge in [0.05, 0.1) is 26.4 Å². The largest absolute Gasteiger partial charge is 0.472 e. The van der Waals surface area contributed by atoms with Crippen molar-refractivity contribution in [3.8, 4) is 0 Å². The molecule has 0 saturated carbocycles. The molecule has 2 unspecified atom stereocenters. The third kappa shape index (κ3) is 73.6. The molecular weight excluding hydrogens is 1310 g/mol. The molecule has 0 rings (SSSR count). The van der Waals surface area contributed by atoms with E-state index < -0.39 is 97.5 Å². The van der Waals surface area contributed by atoms with Gasteiger partial charge < -0.3 is 33.8 Å². The summed E-state index contributed by atoms with van der Waals surface area (Å²) in [5.41, 5.74) is 0. The van der Waals surface area contributed by atoms with Crippen molar-refractivity contribution in [2.75, 3.05) is 39.6 Å². The molecule has 0 spiro atoms. The molecule has 0 aromatic heterocycles. The fraction of sp³-hybridized carbons (Fsp3) is 0.877. The smallest absolute Gasteiger partial charge is 0.462 e. The van der Waals surface area contributed by atoms with E-state index in [2.05, 4.69) is 64.2 Å². The molecule has 0 amide bonds. The summed E-state index contributed by atoms with van der Waals surface area (Å²) in [5, 5.41) is 10.6. The number of hydrogen-bond donors (Lipinski definition) is 3. The van der Waals surface area contributed by atoms with E-state index in [1.807, 2.05) is 0 Å². The molecule has 0 aliphatic carbocycles. The summed E-state index contributed by atoms with van der Waals surface area (Å²) in [4.78, 5) is 73.0. The molecule has 0 fully saturated rings. The van der Waals surface area contributed by atoms with Crippen LogP contribution >= 0.6 is 15.6 Å². The zero-order valence-electron chi connectivity index (χ0n) is 64.4. The lowest BCUT2D eigenvalue weighted by Gasteiger charge is -2.21. The number of aliphatic hydroxyl groups excluding tert-OH is 1. The highest BCUT2D eigenvalue weighted by Gasteiger charge is 2.30. The van der Waals surface area contributed by atoms with Gasteiger partial charge in [-0.15, -0.1) is 0 Å². The number of hydrogen-bond acceptors (Lipinski definition) is 15. The molecule has 0 aromatic rings. The van der Waals surface area contributed by atoms with Gasteiger partial charge in [-0.25, -0.2) is 9.13 Å². The number of carbonyl (C=O) groups excluding carboxylic acids is 4. The van der Waals surface area contributed by atoms with E-state index in [9.17, 15) is 43.2 Å². The van der Waals surface area contributed by atoms with Crippen LogP contribution in [0.2, 0.25) is 0 Å². The summed E-state index contributed by atoms with van der Waals surface area (Å²) in [6, 6.07) is 0. The van der Waals surface area contributed by atoms with Gasteiger partial charge in [-0.2, -0.15) is 0 Å². The maximum Gasteiger partial charge on any atom is 0.472 e. The van der Waals surface area contributed by atoms with Crippen molar-refractivity contribution >= 4 is 39.5 Å². The van der Waals surface area contributed by atoms with Gasteiger partial charge >= 0.3 is 39.5 Å². The minimum absolute atomic E-state index is 0.0836. The zero-order chi connectivity index (χ0) is 73.2. The van der Waals surface area contributed by atoms with Gasteiger partial charge in [0.2, 0.25) is 0 Å². The Balaban J connectivity index is 5.32. The van der Waals surface area contributed by atoms with Gasteiger partial charge in [-0.1, -0.05) is 327 Å². The molecule has 19 heteroatoms. The maximum atomic E-state index is 13.1. The highest BCUT2D eigenvalue weighted by molar-refractivity contribution is 7.47. The number of phosphoric ester groups is 2. The van der Waals surface area contributed by atoms with E-state index in [1.54, 1.807) is 0 Å². The van der Waals surface area contributed by atoms with Crippen LogP contribution in [0.15, 0.2) is 36.5 Å². The Bertz CT molecular complexity index is 2040. The first-order valence-corrected chi connectivity index (χ1v) is 44.2. The van der Waals surface area contributed by atoms with Gasteiger partial charge in [0.15, 0.2) is 12.2 Å². The monoisotopic (exact) mass is 1460 g/mol. The third-order valence-corrected chi connectivity index (χ3v) is 20.0. The predicted molar refractivity (Wildman–Crippen MR) is 409 cm³/mol. The number of unbranched alkanes of at least 4 members (excludes halogenated alkanes) is 47. The maximum absolute atomic E-state index is 13.1. The van der Waals surface area contributed by atoms with Gasteiger partial charge in [0.1, 0.15) is 19.3 Å². The SMILES string of the molecule is CCCCC/C=C\C/C=C\CCCCCCCC(=O)O[C@H](COC(=O)CCCCCCC/C=C\CCCCCCCC)COP(=O)(O)OC[C@H](O)COP(=O)(O)OC[C@@H](COC(=O)CCCCCCCCCCCCCCCCC)OC(=O)CCCCCCCCCCCCCCCCC. The first-order valence-electron chi connectivity index (χ1n) is 41.2. The second kappa shape index (κ2) is 74.5. The van der Waals surface area contributed by atoms with Crippen LogP contribution in [0.4, 0.5) is 0 Å². The van der Waals surface area contributed by atoms with Crippen molar-refractivity contribution in [1.29, 1.82) is 0 Å². The molecule has 0 aliphatic rings. The number of ether oxygens (including phenoxy) is 4. The summed E-state index contributed by atoms with van der Waals surface area (Å²) < 4.78 is 68.7. The number of esters is 4. The number of rotatable bonds is 79. The first kappa shape index (κ1) is 97.3. The summed E-state index contributed by atoms with van der Waals surface area (Å²) in [6.07, 6.45) is 71.1. The van der Waals surface area contributed by atoms with E-state index in [1.165, 1.54) is 193 Å². The lowest BCUT2D eigenvalue weighted by atomic mass is 10.0. The Hall–Kier alpha value is -2.72. The van der Waals surface area contributed by atoms with E-state index in [0.29, 0.717) is 25.7 Å². The van der Waals surface area contributed by atoms with Crippen LogP contribution < -0.4 is 0 Å². The fourth-order valence-electron chi connectivity index (χ4n) is 11.8. The summed E-state index contributed by atoms with van der Waals surface area (Å²) in [7, 11) is -9.94. The molecule has 100 heavy (non-hydrogen) atoms. The van der Waals surface area contributed by atoms with Crippen molar-refractivity contribution in [3.63, 3.8) is 0 Å². The van der Waals surface area contributed by atoms with Crippen LogP contribution in [0.5, 0.6) is 0 Å². The molecule has 0 aliphatic heterocycles. The minimum Gasteiger partial charge on any atom is -0.462 e. The van der Waals surface area contributed by atoms with Crippen LogP contribution in [0.1, 0.15) is 400 Å². The standard InChI is InChI=1S/C81H152O17P2/c1-5-9-13-17-21-25-29-33-37-41-45-49-53-57-61-65-78(83)91-71-76(97-80(85)67-63-59-55-51-47-43-39-35-31-27-23-19-15-11-7-3)73-95-99(87,88)93-69-75(82)70-94-100(89,90)96-74-77(98-81(86)68-64-60-56-52-48-44-40-36-32-28-24-20-16-12-8-4)72-92-79(84)66-62-58-54-50-46-42-38-34-30-26-22-18-14-10-6-2/h23,27,33,35,37,39,75-77,82H,5-22,24-26,28-32,34,36,38,40-74H2,1-4H3,(H,87,88)(H,89,90)/b27-23-,37-33-,39-35-/t75-,76+,77+/m0/s1. The van der Waals surface area contributed by atoms with Crippen molar-refractivity contribution in [3.05, 3.63) is 36.5 Å². The van der Waals surface area contributed by atoms with Crippen molar-refractivity contribution in [1.82, 2.24) is 0 Å². The number of phosphoric acid groups is 2. The topological polar surface area (TPSA) is 237 Å². The Kier molecular flexibility index (Phi) is 72.5. The lowest BCUT2D eigenvalue weighted by molar-refractivity contribution is -0.161. The Labute approximate surface area is 611 Å². The molecule has 0 aromatic carbocycles. The van der Waals surface area contributed by atoms with Gasteiger partial charge in [0.25, 0.3) is 0 Å². The quantitative estimate of drug-likeness (QED) is 0.0169. The molecule has 5 atom stereocenters. The van der Waals surface area contributed by atoms with Gasteiger partial charge in [-0.3, -0.25) is 37.3 Å². The van der Waals surface area contributed by atoms with Crippen LogP contribution in [0.25, 0.3) is 0 Å². The summed E-state index contributed by atoms with van der Waals surface area (Å²) >= 11 is 0. The highest BCUT2D eigenvalue weighted by Crippen LogP contribution is 2.45. The van der Waals surface area contributed by atoms with Crippen LogP contribution in [-0.2, 0) is 65.4 Å². The highest BCUT2D eigenvalue weighted by atomic mass is 31.2. The Morgan fingerprint density at radius 3 is 0.770 bits per heavy atom. The fourth-order valence-corrected chi connectivity index (χ4v) is 13.4. The van der Waals surface area contributed by atoms with Crippen molar-refractivity contribution < 1.29 is 80.2 Å². The second-order valence-electron chi connectivity index (χ2n) is 28.1. The van der Waals surface area contributed by atoms with E-state index >= 15 is 0 Å². The minimum atomic E-state index is -4.97. The number of allylic oxidation sites excluding steroid dienone is 6. The Morgan fingerprint density at radius 1 is 0.280 bits per heavy atom. The van der Waals surface area contributed by atoms with E-state index in [-0.39, 0.29) is 25.7 Å². The second-order valence-corrected chi connectivity index (χ2v) is 31.0. The number of carbonyl (C=O) groups is 4. The molecule has 0 heterocycles. The van der Waals surface area contributed by atoms with E-state index in [4.69, 9.17) is 37.0 Å². The molecule has 0 saturated heterocycles. The summed E-state index contributed by atoms with van der Waals surface area (Å²) in [6.45, 7) is 4.93. The third-order valence-electron chi connectivity index (χ3n) is 18.1. The first-order chi connectivity index (χ1) is 48.7. The van der Waals surface area contributed by atoms with Crippen molar-refractivity contribution in [2.45, 2.75) is 418 Å². The average Bonchev–Trinajstić information content (AvgIpc) is 1.25. The molecule has 0 bridgehead atoms. The van der Waals surface area contributed by atoms with Crippen LogP contribution in [0.3, 0.4) is 0 Å². The van der Waals surface area contributed by atoms with Crippen LogP contribution in [-0.4, -0.2) is 96.7 Å². The molecule has 3 N–H and O–H groups in total. The molecular formula is C81H152O17P2. The molecule has 17 nitrogen and oxygen atoms in total. The summed E-state index contributed by atoms with van der Waals surface area (Å²) in [5.74, 6) is -2.15. The molecule has 588 valence electrons. The Morgan fingerprint density at radius 2 is 0.490 bits per heavy atom. The number of aliphatic hydroxyl groups is 1. The van der Waals surface area contributed by atoms with Gasteiger partial charge in [-0.05, 0) is 83.5 Å².